The van der Waals surface area contributed by atoms with Crippen LogP contribution in [-0.2, 0) is 0 Å². The molecule has 0 bridgehead atoms. The highest BCUT2D eigenvalue weighted by molar-refractivity contribution is 5.94. The van der Waals surface area contributed by atoms with Crippen LogP contribution in [0.25, 0.3) is 10.9 Å². The Kier molecular flexibility index (Phi) is 4.71. The van der Waals surface area contributed by atoms with Gasteiger partial charge in [0.25, 0.3) is 5.91 Å². The molecule has 27 heavy (non-hydrogen) atoms. The molecule has 0 spiro atoms. The van der Waals surface area contributed by atoms with Gasteiger partial charge in [0.15, 0.2) is 0 Å². The molecule has 1 aromatic heterocycles. The number of nitrogens with zero attached hydrogens (tertiary/aromatic N) is 3. The number of rotatable bonds is 3. The summed E-state index contributed by atoms with van der Waals surface area (Å²) in [4.78, 5) is 23.1. The SMILES string of the molecule is COc1ccc(C(=O)N2CCC(c3ncnc4cccc(F)c34)CC2)cc1. The molecule has 6 heteroatoms. The lowest BCUT2D eigenvalue weighted by Crippen LogP contribution is -2.38. The van der Waals surface area contributed by atoms with Gasteiger partial charge in [-0.05, 0) is 49.2 Å². The predicted octanol–water partition coefficient (Wildman–Crippen LogP) is 3.80. The second-order valence-corrected chi connectivity index (χ2v) is 6.69. The Labute approximate surface area is 156 Å². The summed E-state index contributed by atoms with van der Waals surface area (Å²) < 4.78 is 19.5. The molecule has 1 aliphatic heterocycles. The third kappa shape index (κ3) is 3.35. The van der Waals surface area contributed by atoms with E-state index in [2.05, 4.69) is 9.97 Å². The maximum absolute atomic E-state index is 14.3. The molecule has 0 saturated carbocycles. The van der Waals surface area contributed by atoms with Gasteiger partial charge in [-0.25, -0.2) is 14.4 Å². The number of carbonyl (C=O) groups excluding carboxylic acids is 1. The molecule has 0 unspecified atom stereocenters. The first kappa shape index (κ1) is 17.4. The van der Waals surface area contributed by atoms with Crippen LogP contribution in [0.4, 0.5) is 4.39 Å². The fourth-order valence-electron chi connectivity index (χ4n) is 3.67. The van der Waals surface area contributed by atoms with Crippen molar-refractivity contribution in [1.29, 1.82) is 0 Å². The zero-order valence-corrected chi connectivity index (χ0v) is 15.1. The van der Waals surface area contributed by atoms with E-state index in [0.717, 1.165) is 24.3 Å². The van der Waals surface area contributed by atoms with E-state index in [4.69, 9.17) is 4.74 Å². The number of carbonyl (C=O) groups is 1. The first-order valence-corrected chi connectivity index (χ1v) is 9.00. The number of methoxy groups -OCH3 is 1. The number of aromatic nitrogens is 2. The summed E-state index contributed by atoms with van der Waals surface area (Å²) in [5.41, 5.74) is 2.01. The van der Waals surface area contributed by atoms with Gasteiger partial charge in [0.05, 0.1) is 23.7 Å². The smallest absolute Gasteiger partial charge is 0.253 e. The van der Waals surface area contributed by atoms with Gasteiger partial charge in [0.1, 0.15) is 17.9 Å². The van der Waals surface area contributed by atoms with Gasteiger partial charge in [0, 0.05) is 24.6 Å². The number of hydrogen-bond donors (Lipinski definition) is 0. The minimum Gasteiger partial charge on any atom is -0.497 e. The Hall–Kier alpha value is -3.02. The van der Waals surface area contributed by atoms with E-state index in [-0.39, 0.29) is 17.6 Å². The quantitative estimate of drug-likeness (QED) is 0.708. The number of fused-ring (bicyclic) bond motifs is 1. The highest BCUT2D eigenvalue weighted by Gasteiger charge is 2.27. The van der Waals surface area contributed by atoms with Gasteiger partial charge < -0.3 is 9.64 Å². The van der Waals surface area contributed by atoms with Crippen LogP contribution in [0.15, 0.2) is 48.8 Å². The van der Waals surface area contributed by atoms with Crippen LogP contribution in [0.1, 0.15) is 34.8 Å². The number of halogens is 1. The van der Waals surface area contributed by atoms with Crippen LogP contribution in [0.3, 0.4) is 0 Å². The van der Waals surface area contributed by atoms with Crippen molar-refractivity contribution in [3.8, 4) is 5.75 Å². The van der Waals surface area contributed by atoms with E-state index < -0.39 is 0 Å². The minimum atomic E-state index is -0.292. The van der Waals surface area contributed by atoms with Crippen molar-refractivity contribution < 1.29 is 13.9 Å². The number of hydrogen-bond acceptors (Lipinski definition) is 4. The first-order valence-electron chi connectivity index (χ1n) is 9.00. The molecule has 3 aromatic rings. The molecule has 1 amide bonds. The lowest BCUT2D eigenvalue weighted by molar-refractivity contribution is 0.0712. The molecule has 5 nitrogen and oxygen atoms in total. The highest BCUT2D eigenvalue weighted by atomic mass is 19.1. The molecular weight excluding hydrogens is 345 g/mol. The second-order valence-electron chi connectivity index (χ2n) is 6.69. The van der Waals surface area contributed by atoms with Crippen LogP contribution < -0.4 is 4.74 Å². The topological polar surface area (TPSA) is 55.3 Å². The van der Waals surface area contributed by atoms with Crippen molar-refractivity contribution in [2.24, 2.45) is 0 Å². The largest absolute Gasteiger partial charge is 0.497 e. The molecule has 2 heterocycles. The number of ether oxygens (including phenoxy) is 1. The molecule has 138 valence electrons. The Morgan fingerprint density at radius 3 is 2.56 bits per heavy atom. The summed E-state index contributed by atoms with van der Waals surface area (Å²) in [6.07, 6.45) is 3.00. The monoisotopic (exact) mass is 365 g/mol. The molecule has 0 N–H and O–H groups in total. The summed E-state index contributed by atoms with van der Waals surface area (Å²) in [7, 11) is 1.60. The van der Waals surface area contributed by atoms with E-state index in [1.165, 1.54) is 12.4 Å². The zero-order chi connectivity index (χ0) is 18.8. The summed E-state index contributed by atoms with van der Waals surface area (Å²) >= 11 is 0. The van der Waals surface area contributed by atoms with Gasteiger partial charge in [-0.1, -0.05) is 6.07 Å². The van der Waals surface area contributed by atoms with Crippen molar-refractivity contribution in [1.82, 2.24) is 14.9 Å². The summed E-state index contributed by atoms with van der Waals surface area (Å²) in [6.45, 7) is 1.24. The standard InChI is InChI=1S/C21H20FN3O2/c1-27-16-7-5-15(6-8-16)21(26)25-11-9-14(10-12-25)20-19-17(22)3-2-4-18(19)23-13-24-20/h2-8,13-14H,9-12H2,1H3. The van der Waals surface area contributed by atoms with Crippen LogP contribution in [0.2, 0.25) is 0 Å². The predicted molar refractivity (Wildman–Crippen MR) is 100 cm³/mol. The number of benzene rings is 2. The van der Waals surface area contributed by atoms with Crippen molar-refractivity contribution in [2.45, 2.75) is 18.8 Å². The number of piperidine rings is 1. The summed E-state index contributed by atoms with van der Waals surface area (Å²) in [5.74, 6) is 0.560. The third-order valence-electron chi connectivity index (χ3n) is 5.15. The van der Waals surface area contributed by atoms with Crippen molar-refractivity contribution in [3.05, 3.63) is 65.9 Å². The first-order chi connectivity index (χ1) is 13.2. The lowest BCUT2D eigenvalue weighted by atomic mass is 9.90. The molecule has 0 radical (unpaired) electrons. The molecule has 0 aliphatic carbocycles. The third-order valence-corrected chi connectivity index (χ3v) is 5.15. The maximum atomic E-state index is 14.3. The van der Waals surface area contributed by atoms with Gasteiger partial charge in [-0.2, -0.15) is 0 Å². The van der Waals surface area contributed by atoms with Gasteiger partial charge in [0.2, 0.25) is 0 Å². The summed E-state index contributed by atoms with van der Waals surface area (Å²) in [6, 6.07) is 12.0. The van der Waals surface area contributed by atoms with Crippen LogP contribution >= 0.6 is 0 Å². The molecule has 1 saturated heterocycles. The van der Waals surface area contributed by atoms with Crippen molar-refractivity contribution >= 4 is 16.8 Å². The molecule has 1 fully saturated rings. The fraction of sp³-hybridized carbons (Fsp3) is 0.286. The second kappa shape index (κ2) is 7.31. The number of likely N-dealkylation sites (tertiary alicyclic amines) is 1. The Balaban J connectivity index is 1.50. The highest BCUT2D eigenvalue weighted by Crippen LogP contribution is 2.32. The average Bonchev–Trinajstić information content (AvgIpc) is 2.73. The van der Waals surface area contributed by atoms with Gasteiger partial charge in [-0.15, -0.1) is 0 Å². The van der Waals surface area contributed by atoms with E-state index in [9.17, 15) is 9.18 Å². The Morgan fingerprint density at radius 1 is 1.11 bits per heavy atom. The van der Waals surface area contributed by atoms with E-state index in [1.807, 2.05) is 4.90 Å². The van der Waals surface area contributed by atoms with Crippen molar-refractivity contribution in [2.75, 3.05) is 20.2 Å². The van der Waals surface area contributed by atoms with E-state index in [1.54, 1.807) is 43.5 Å². The van der Waals surface area contributed by atoms with E-state index in [0.29, 0.717) is 29.6 Å². The van der Waals surface area contributed by atoms with Crippen molar-refractivity contribution in [3.63, 3.8) is 0 Å². The lowest BCUT2D eigenvalue weighted by Gasteiger charge is -2.32. The minimum absolute atomic E-state index is 0.00910. The normalized spacial score (nSPS) is 15.1. The Morgan fingerprint density at radius 2 is 1.85 bits per heavy atom. The molecule has 1 aliphatic rings. The van der Waals surface area contributed by atoms with Crippen LogP contribution in [0, 0.1) is 5.82 Å². The maximum Gasteiger partial charge on any atom is 0.253 e. The zero-order valence-electron chi connectivity index (χ0n) is 15.1. The van der Waals surface area contributed by atoms with Gasteiger partial charge in [-0.3, -0.25) is 4.79 Å². The Bertz CT molecular complexity index is 962. The van der Waals surface area contributed by atoms with E-state index >= 15 is 0 Å². The van der Waals surface area contributed by atoms with Gasteiger partial charge >= 0.3 is 0 Å². The fourth-order valence-corrected chi connectivity index (χ4v) is 3.67. The van der Waals surface area contributed by atoms with Crippen LogP contribution in [-0.4, -0.2) is 41.0 Å². The molecular formula is C21H20FN3O2. The number of amides is 1. The summed E-state index contributed by atoms with van der Waals surface area (Å²) in [5, 5.41) is 0.500. The average molecular weight is 365 g/mol. The van der Waals surface area contributed by atoms with Crippen LogP contribution in [0.5, 0.6) is 5.75 Å². The molecule has 0 atom stereocenters. The molecule has 2 aromatic carbocycles. The molecule has 4 rings (SSSR count).